The van der Waals surface area contributed by atoms with Crippen LogP contribution in [0, 0.1) is 0 Å². The minimum absolute atomic E-state index is 0.475. The van der Waals surface area contributed by atoms with Crippen LogP contribution in [0.3, 0.4) is 0 Å². The molecule has 1 aromatic carbocycles. The lowest BCUT2D eigenvalue weighted by atomic mass is 9.89. The van der Waals surface area contributed by atoms with Gasteiger partial charge in [-0.1, -0.05) is 15.9 Å². The fraction of sp³-hybridized carbons (Fsp3) is 0.500. The highest BCUT2D eigenvalue weighted by molar-refractivity contribution is 9.10. The molecule has 0 aromatic heterocycles. The number of halogens is 1. The SMILES string of the molecule is CCOC1CC(Nc2ccc(Br)cc2)C1. The summed E-state index contributed by atoms with van der Waals surface area (Å²) in [5, 5.41) is 3.49. The summed E-state index contributed by atoms with van der Waals surface area (Å²) in [6.45, 7) is 2.88. The van der Waals surface area contributed by atoms with Crippen molar-refractivity contribution in [1.29, 1.82) is 0 Å². The molecular weight excluding hydrogens is 254 g/mol. The molecule has 0 aliphatic heterocycles. The van der Waals surface area contributed by atoms with Crippen molar-refractivity contribution < 1.29 is 4.74 Å². The summed E-state index contributed by atoms with van der Waals surface area (Å²) in [6, 6.07) is 8.89. The largest absolute Gasteiger partial charge is 0.382 e. The van der Waals surface area contributed by atoms with Crippen molar-refractivity contribution in [3.05, 3.63) is 28.7 Å². The van der Waals surface area contributed by atoms with E-state index in [2.05, 4.69) is 52.4 Å². The van der Waals surface area contributed by atoms with Gasteiger partial charge in [-0.05, 0) is 44.0 Å². The molecule has 2 nitrogen and oxygen atoms in total. The van der Waals surface area contributed by atoms with E-state index in [1.54, 1.807) is 0 Å². The molecule has 0 unspecified atom stereocenters. The Kier molecular flexibility index (Phi) is 3.65. The highest BCUT2D eigenvalue weighted by atomic mass is 79.9. The molecule has 2 rings (SSSR count). The third-order valence-electron chi connectivity index (χ3n) is 2.71. The van der Waals surface area contributed by atoms with E-state index in [-0.39, 0.29) is 0 Å². The zero-order valence-electron chi connectivity index (χ0n) is 8.87. The van der Waals surface area contributed by atoms with E-state index in [4.69, 9.17) is 4.74 Å². The van der Waals surface area contributed by atoms with Crippen molar-refractivity contribution in [3.63, 3.8) is 0 Å². The van der Waals surface area contributed by atoms with Crippen LogP contribution in [0.15, 0.2) is 28.7 Å². The molecule has 0 heterocycles. The van der Waals surface area contributed by atoms with E-state index in [0.29, 0.717) is 12.1 Å². The van der Waals surface area contributed by atoms with Gasteiger partial charge < -0.3 is 10.1 Å². The van der Waals surface area contributed by atoms with Crippen LogP contribution in [0.4, 0.5) is 5.69 Å². The van der Waals surface area contributed by atoms with Crippen LogP contribution in [-0.2, 0) is 4.74 Å². The van der Waals surface area contributed by atoms with Crippen molar-refractivity contribution in [2.24, 2.45) is 0 Å². The molecule has 1 fully saturated rings. The zero-order chi connectivity index (χ0) is 10.7. The highest BCUT2D eigenvalue weighted by Gasteiger charge is 2.29. The lowest BCUT2D eigenvalue weighted by Gasteiger charge is -2.36. The van der Waals surface area contributed by atoms with Gasteiger partial charge in [-0.3, -0.25) is 0 Å². The van der Waals surface area contributed by atoms with Crippen LogP contribution >= 0.6 is 15.9 Å². The Morgan fingerprint density at radius 2 is 2.00 bits per heavy atom. The molecule has 3 heteroatoms. The Labute approximate surface area is 99.1 Å². The van der Waals surface area contributed by atoms with Gasteiger partial charge in [0.2, 0.25) is 0 Å². The number of hydrogen-bond donors (Lipinski definition) is 1. The van der Waals surface area contributed by atoms with Crippen molar-refractivity contribution in [2.75, 3.05) is 11.9 Å². The van der Waals surface area contributed by atoms with Crippen molar-refractivity contribution in [1.82, 2.24) is 0 Å². The first-order chi connectivity index (χ1) is 7.28. The first-order valence-corrected chi connectivity index (χ1v) is 6.21. The minimum Gasteiger partial charge on any atom is -0.382 e. The third kappa shape index (κ3) is 2.95. The second kappa shape index (κ2) is 4.99. The number of nitrogens with one attached hydrogen (secondary N) is 1. The lowest BCUT2D eigenvalue weighted by Crippen LogP contribution is -2.40. The number of hydrogen-bond acceptors (Lipinski definition) is 2. The van der Waals surface area contributed by atoms with Crippen LogP contribution in [0.5, 0.6) is 0 Å². The Morgan fingerprint density at radius 3 is 2.60 bits per heavy atom. The van der Waals surface area contributed by atoms with Gasteiger partial charge in [-0.25, -0.2) is 0 Å². The van der Waals surface area contributed by atoms with Gasteiger partial charge in [0.15, 0.2) is 0 Å². The Bertz CT molecular complexity index is 306. The first-order valence-electron chi connectivity index (χ1n) is 5.41. The maximum atomic E-state index is 5.52. The average molecular weight is 270 g/mol. The van der Waals surface area contributed by atoms with E-state index in [9.17, 15) is 0 Å². The number of anilines is 1. The van der Waals surface area contributed by atoms with Gasteiger partial charge in [0.05, 0.1) is 6.10 Å². The molecule has 0 radical (unpaired) electrons. The van der Waals surface area contributed by atoms with Gasteiger partial charge in [0.1, 0.15) is 0 Å². The van der Waals surface area contributed by atoms with Crippen molar-refractivity contribution in [3.8, 4) is 0 Å². The summed E-state index contributed by atoms with van der Waals surface area (Å²) in [5.41, 5.74) is 1.19. The first kappa shape index (κ1) is 11.0. The average Bonchev–Trinajstić information content (AvgIpc) is 2.18. The highest BCUT2D eigenvalue weighted by Crippen LogP contribution is 2.27. The summed E-state index contributed by atoms with van der Waals surface area (Å²) in [5.74, 6) is 0. The van der Waals surface area contributed by atoms with Gasteiger partial charge in [-0.15, -0.1) is 0 Å². The molecule has 0 atom stereocenters. The van der Waals surface area contributed by atoms with Gasteiger partial charge >= 0.3 is 0 Å². The number of benzene rings is 1. The predicted molar refractivity (Wildman–Crippen MR) is 66.2 cm³/mol. The molecule has 1 aromatic rings. The van der Waals surface area contributed by atoms with Crippen LogP contribution in [-0.4, -0.2) is 18.8 Å². The topological polar surface area (TPSA) is 21.3 Å². The molecule has 1 saturated carbocycles. The van der Waals surface area contributed by atoms with E-state index in [1.807, 2.05) is 0 Å². The summed E-state index contributed by atoms with van der Waals surface area (Å²) >= 11 is 3.43. The van der Waals surface area contributed by atoms with Crippen LogP contribution in [0.25, 0.3) is 0 Å². The second-order valence-corrected chi connectivity index (χ2v) is 4.81. The molecule has 1 aliphatic rings. The normalized spacial score (nSPS) is 24.7. The molecule has 0 spiro atoms. The van der Waals surface area contributed by atoms with Crippen LogP contribution in [0.1, 0.15) is 19.8 Å². The summed E-state index contributed by atoms with van der Waals surface area (Å²) in [4.78, 5) is 0. The standard InChI is InChI=1S/C12H16BrNO/c1-2-15-12-7-11(8-12)14-10-5-3-9(13)4-6-10/h3-6,11-12,14H,2,7-8H2,1H3. The summed E-state index contributed by atoms with van der Waals surface area (Å²) < 4.78 is 6.64. The molecule has 1 aliphatic carbocycles. The van der Waals surface area contributed by atoms with E-state index >= 15 is 0 Å². The van der Waals surface area contributed by atoms with Crippen LogP contribution in [0.2, 0.25) is 0 Å². The Morgan fingerprint density at radius 1 is 1.33 bits per heavy atom. The number of rotatable bonds is 4. The molecule has 82 valence electrons. The molecular formula is C12H16BrNO. The Hall–Kier alpha value is -0.540. The molecule has 15 heavy (non-hydrogen) atoms. The summed E-state index contributed by atoms with van der Waals surface area (Å²) in [6.07, 6.45) is 2.73. The van der Waals surface area contributed by atoms with E-state index < -0.39 is 0 Å². The fourth-order valence-corrected chi connectivity index (χ4v) is 2.10. The van der Waals surface area contributed by atoms with Gasteiger partial charge in [0.25, 0.3) is 0 Å². The van der Waals surface area contributed by atoms with Gasteiger partial charge in [-0.2, -0.15) is 0 Å². The molecule has 0 saturated heterocycles. The monoisotopic (exact) mass is 269 g/mol. The fourth-order valence-electron chi connectivity index (χ4n) is 1.84. The third-order valence-corrected chi connectivity index (χ3v) is 3.24. The lowest BCUT2D eigenvalue weighted by molar-refractivity contribution is 0.00299. The zero-order valence-corrected chi connectivity index (χ0v) is 10.5. The molecule has 1 N–H and O–H groups in total. The molecule has 0 bridgehead atoms. The summed E-state index contributed by atoms with van der Waals surface area (Å²) in [7, 11) is 0. The predicted octanol–water partition coefficient (Wildman–Crippen LogP) is 3.43. The van der Waals surface area contributed by atoms with E-state index in [1.165, 1.54) is 5.69 Å². The molecule has 0 amide bonds. The quantitative estimate of drug-likeness (QED) is 0.905. The maximum Gasteiger partial charge on any atom is 0.0614 e. The Balaban J connectivity index is 1.77. The maximum absolute atomic E-state index is 5.52. The minimum atomic E-state index is 0.475. The van der Waals surface area contributed by atoms with E-state index in [0.717, 1.165) is 23.9 Å². The van der Waals surface area contributed by atoms with Crippen molar-refractivity contribution >= 4 is 21.6 Å². The van der Waals surface area contributed by atoms with Crippen molar-refractivity contribution in [2.45, 2.75) is 31.9 Å². The second-order valence-electron chi connectivity index (χ2n) is 3.90. The van der Waals surface area contributed by atoms with Crippen LogP contribution < -0.4 is 5.32 Å². The number of ether oxygens (including phenoxy) is 1. The van der Waals surface area contributed by atoms with Gasteiger partial charge in [0, 0.05) is 22.8 Å². The smallest absolute Gasteiger partial charge is 0.0614 e.